The number of hydrogen-bond acceptors (Lipinski definition) is 3. The largest absolute Gasteiger partial charge is 0.481 e. The van der Waals surface area contributed by atoms with E-state index in [1.54, 1.807) is 0 Å². The fraction of sp³-hybridized carbons (Fsp3) is 0.900. The number of nitrogens with one attached hydrogen (secondary N) is 1. The van der Waals surface area contributed by atoms with Gasteiger partial charge in [0.1, 0.15) is 0 Å². The van der Waals surface area contributed by atoms with Crippen molar-refractivity contribution in [3.63, 3.8) is 0 Å². The van der Waals surface area contributed by atoms with Gasteiger partial charge in [0, 0.05) is 20.1 Å². The van der Waals surface area contributed by atoms with E-state index < -0.39 is 16.2 Å². The molecule has 102 valence electrons. The molecule has 7 heteroatoms. The van der Waals surface area contributed by atoms with Gasteiger partial charge in [0.25, 0.3) is 10.2 Å². The Balaban J connectivity index is 4.15. The van der Waals surface area contributed by atoms with Crippen LogP contribution in [0.25, 0.3) is 0 Å². The number of carboxylic acid groups (broad SMARTS) is 1. The summed E-state index contributed by atoms with van der Waals surface area (Å²) in [6, 6.07) is 0. The van der Waals surface area contributed by atoms with Crippen molar-refractivity contribution in [2.45, 2.75) is 33.6 Å². The van der Waals surface area contributed by atoms with Gasteiger partial charge in [-0.2, -0.15) is 12.7 Å². The minimum Gasteiger partial charge on any atom is -0.481 e. The summed E-state index contributed by atoms with van der Waals surface area (Å²) in [5.74, 6) is -1.01. The number of aliphatic carboxylic acids is 1. The first-order chi connectivity index (χ1) is 7.54. The zero-order valence-electron chi connectivity index (χ0n) is 10.9. The Kier molecular flexibility index (Phi) is 6.08. The second-order valence-electron chi connectivity index (χ2n) is 5.18. The molecule has 0 saturated heterocycles. The minimum absolute atomic E-state index is 0.0276. The maximum atomic E-state index is 11.7. The summed E-state index contributed by atoms with van der Waals surface area (Å²) in [7, 11) is -2.19. The van der Waals surface area contributed by atoms with Crippen molar-refractivity contribution in [2.24, 2.45) is 5.41 Å². The third kappa shape index (κ3) is 8.12. The average Bonchev–Trinajstić information content (AvgIpc) is 2.11. The fourth-order valence-electron chi connectivity index (χ4n) is 1.04. The zero-order valence-corrected chi connectivity index (χ0v) is 11.7. The van der Waals surface area contributed by atoms with Gasteiger partial charge in [0.2, 0.25) is 0 Å². The van der Waals surface area contributed by atoms with E-state index in [1.165, 1.54) is 7.05 Å². The van der Waals surface area contributed by atoms with E-state index in [9.17, 15) is 13.2 Å². The van der Waals surface area contributed by atoms with Crippen LogP contribution in [-0.2, 0) is 15.0 Å². The van der Waals surface area contributed by atoms with Crippen molar-refractivity contribution >= 4 is 16.2 Å². The summed E-state index contributed by atoms with van der Waals surface area (Å²) in [4.78, 5) is 10.3. The van der Waals surface area contributed by atoms with Crippen molar-refractivity contribution in [1.82, 2.24) is 9.03 Å². The van der Waals surface area contributed by atoms with Gasteiger partial charge in [-0.3, -0.25) is 4.79 Å². The standard InChI is InChI=1S/C10H22N2O4S/c1-10(2,3)6-7-11-17(15,16)12(4)8-5-9(13)14/h11H,5-8H2,1-4H3,(H,13,14). The van der Waals surface area contributed by atoms with Crippen LogP contribution < -0.4 is 4.72 Å². The Labute approximate surface area is 103 Å². The van der Waals surface area contributed by atoms with Crippen molar-refractivity contribution in [3.8, 4) is 0 Å². The zero-order chi connectivity index (χ0) is 13.7. The van der Waals surface area contributed by atoms with Crippen molar-refractivity contribution in [2.75, 3.05) is 20.1 Å². The number of carbonyl (C=O) groups is 1. The monoisotopic (exact) mass is 266 g/mol. The van der Waals surface area contributed by atoms with E-state index in [1.807, 2.05) is 20.8 Å². The predicted octanol–water partition coefficient (Wildman–Crippen LogP) is 0.663. The highest BCUT2D eigenvalue weighted by Crippen LogP contribution is 2.17. The summed E-state index contributed by atoms with van der Waals surface area (Å²) in [6.07, 6.45) is 0.523. The lowest BCUT2D eigenvalue weighted by molar-refractivity contribution is -0.137. The highest BCUT2D eigenvalue weighted by atomic mass is 32.2. The Morgan fingerprint density at radius 3 is 2.29 bits per heavy atom. The maximum Gasteiger partial charge on any atom is 0.304 e. The first-order valence-electron chi connectivity index (χ1n) is 5.47. The van der Waals surface area contributed by atoms with Gasteiger partial charge in [-0.05, 0) is 11.8 Å². The van der Waals surface area contributed by atoms with Crippen molar-refractivity contribution in [1.29, 1.82) is 0 Å². The molecule has 0 aliphatic heterocycles. The molecule has 0 aliphatic rings. The van der Waals surface area contributed by atoms with Gasteiger partial charge in [-0.25, -0.2) is 4.72 Å². The van der Waals surface area contributed by atoms with Crippen LogP contribution in [0.5, 0.6) is 0 Å². The van der Waals surface area contributed by atoms with Crippen LogP contribution in [0.15, 0.2) is 0 Å². The quantitative estimate of drug-likeness (QED) is 0.709. The lowest BCUT2D eigenvalue weighted by atomic mass is 9.93. The molecule has 0 unspecified atom stereocenters. The summed E-state index contributed by atoms with van der Waals surface area (Å²) >= 11 is 0. The molecular formula is C10H22N2O4S. The van der Waals surface area contributed by atoms with Gasteiger partial charge in [-0.15, -0.1) is 0 Å². The van der Waals surface area contributed by atoms with E-state index in [2.05, 4.69) is 4.72 Å². The molecule has 0 radical (unpaired) electrons. The molecule has 2 N–H and O–H groups in total. The van der Waals surface area contributed by atoms with Crippen LogP contribution in [0.2, 0.25) is 0 Å². The first kappa shape index (κ1) is 16.3. The smallest absolute Gasteiger partial charge is 0.304 e. The number of nitrogens with zero attached hydrogens (tertiary/aromatic N) is 1. The normalized spacial score (nSPS) is 13.0. The highest BCUT2D eigenvalue weighted by Gasteiger charge is 2.19. The van der Waals surface area contributed by atoms with Crippen LogP contribution in [0.4, 0.5) is 0 Å². The van der Waals surface area contributed by atoms with Gasteiger partial charge < -0.3 is 5.11 Å². The van der Waals surface area contributed by atoms with Crippen molar-refractivity contribution < 1.29 is 18.3 Å². The molecule has 0 aromatic heterocycles. The molecule has 0 saturated carbocycles. The summed E-state index contributed by atoms with van der Waals surface area (Å²) in [6.45, 7) is 6.39. The lowest BCUT2D eigenvalue weighted by Crippen LogP contribution is -2.40. The van der Waals surface area contributed by atoms with Gasteiger partial charge >= 0.3 is 5.97 Å². The topological polar surface area (TPSA) is 86.7 Å². The molecule has 0 aromatic carbocycles. The lowest BCUT2D eigenvalue weighted by Gasteiger charge is -2.20. The number of hydrogen-bond donors (Lipinski definition) is 2. The van der Waals surface area contributed by atoms with E-state index >= 15 is 0 Å². The minimum atomic E-state index is -3.56. The summed E-state index contributed by atoms with van der Waals surface area (Å²) < 4.78 is 26.8. The SMILES string of the molecule is CN(CCC(=O)O)S(=O)(=O)NCCC(C)(C)C. The Hall–Kier alpha value is -0.660. The van der Waals surface area contributed by atoms with Gasteiger partial charge in [0.15, 0.2) is 0 Å². The Bertz CT molecular complexity index is 346. The van der Waals surface area contributed by atoms with E-state index in [4.69, 9.17) is 5.11 Å². The molecule has 0 amide bonds. The van der Waals surface area contributed by atoms with E-state index in [0.29, 0.717) is 6.54 Å². The van der Waals surface area contributed by atoms with Crippen LogP contribution in [-0.4, -0.2) is 43.9 Å². The predicted molar refractivity (Wildman–Crippen MR) is 65.9 cm³/mol. The molecule has 17 heavy (non-hydrogen) atoms. The first-order valence-corrected chi connectivity index (χ1v) is 6.91. The highest BCUT2D eigenvalue weighted by molar-refractivity contribution is 7.87. The van der Waals surface area contributed by atoms with Crippen molar-refractivity contribution in [3.05, 3.63) is 0 Å². The average molecular weight is 266 g/mol. The maximum absolute atomic E-state index is 11.7. The van der Waals surface area contributed by atoms with Crippen LogP contribution in [0.3, 0.4) is 0 Å². The van der Waals surface area contributed by atoms with Gasteiger partial charge in [-0.1, -0.05) is 20.8 Å². The summed E-state index contributed by atoms with van der Waals surface area (Å²) in [5, 5.41) is 8.47. The third-order valence-corrected chi connectivity index (χ3v) is 3.78. The van der Waals surface area contributed by atoms with Crippen LogP contribution >= 0.6 is 0 Å². The van der Waals surface area contributed by atoms with Crippen LogP contribution in [0, 0.1) is 5.41 Å². The molecule has 0 heterocycles. The fourth-order valence-corrected chi connectivity index (χ4v) is 1.95. The van der Waals surface area contributed by atoms with E-state index in [0.717, 1.165) is 10.7 Å². The number of carboxylic acids is 1. The second kappa shape index (κ2) is 6.32. The molecule has 0 fully saturated rings. The molecule has 0 atom stereocenters. The summed E-state index contributed by atoms with van der Waals surface area (Å²) in [5.41, 5.74) is 0.0577. The molecule has 0 bridgehead atoms. The molecule has 0 aromatic rings. The molecular weight excluding hydrogens is 244 g/mol. The Morgan fingerprint density at radius 2 is 1.88 bits per heavy atom. The van der Waals surface area contributed by atoms with Gasteiger partial charge in [0.05, 0.1) is 6.42 Å². The molecule has 0 spiro atoms. The van der Waals surface area contributed by atoms with E-state index in [-0.39, 0.29) is 18.4 Å². The van der Waals surface area contributed by atoms with Crippen LogP contribution in [0.1, 0.15) is 33.6 Å². The Morgan fingerprint density at radius 1 is 1.35 bits per heavy atom. The molecule has 0 aliphatic carbocycles. The molecule has 0 rings (SSSR count). The molecule has 6 nitrogen and oxygen atoms in total. The third-order valence-electron chi connectivity index (χ3n) is 2.21. The number of rotatable bonds is 7. The second-order valence-corrected chi connectivity index (χ2v) is 7.04.